The molecule has 0 bridgehead atoms. The summed E-state index contributed by atoms with van der Waals surface area (Å²) >= 11 is 0. The minimum atomic E-state index is -4.56. The molecule has 2 unspecified atom stereocenters. The second kappa shape index (κ2) is 11.8. The monoisotopic (exact) mass is 473 g/mol. The highest BCUT2D eigenvalue weighted by Crippen LogP contribution is 2.37. The zero-order chi connectivity index (χ0) is 23.8. The first-order chi connectivity index (χ1) is 15.1. The minimum absolute atomic E-state index is 0.129. The van der Waals surface area contributed by atoms with Crippen molar-refractivity contribution in [3.05, 3.63) is 64.2 Å². The Kier molecular flexibility index (Phi) is 9.77. The van der Waals surface area contributed by atoms with Gasteiger partial charge in [0.15, 0.2) is 8.69 Å². The van der Waals surface area contributed by atoms with E-state index in [2.05, 4.69) is 18.2 Å². The van der Waals surface area contributed by atoms with Crippen LogP contribution in [0.4, 0.5) is 13.2 Å². The van der Waals surface area contributed by atoms with Crippen molar-refractivity contribution >= 4 is 8.69 Å². The second-order valence-electron chi connectivity index (χ2n) is 8.20. The van der Waals surface area contributed by atoms with E-state index in [1.807, 2.05) is 13.8 Å². The van der Waals surface area contributed by atoms with Gasteiger partial charge in [-0.05, 0) is 62.8 Å². The number of nitrogens with two attached hydrogens (primary N) is 1. The number of aliphatic hydroxyl groups is 1. The lowest BCUT2D eigenvalue weighted by molar-refractivity contribution is -0.139. The first kappa shape index (κ1) is 26.4. The molecule has 2 aromatic carbocycles. The fourth-order valence-electron chi connectivity index (χ4n) is 3.54. The van der Waals surface area contributed by atoms with Gasteiger partial charge in [-0.3, -0.25) is 4.57 Å². The van der Waals surface area contributed by atoms with Crippen LogP contribution < -0.4 is 10.5 Å². The van der Waals surface area contributed by atoms with E-state index < -0.39 is 32.6 Å². The van der Waals surface area contributed by atoms with Gasteiger partial charge in [0.2, 0.25) is 0 Å². The van der Waals surface area contributed by atoms with Crippen LogP contribution in [-0.2, 0) is 28.1 Å². The minimum Gasteiger partial charge on any atom is -0.493 e. The predicted molar refractivity (Wildman–Crippen MR) is 120 cm³/mol. The number of aryl methyl sites for hydroxylation is 4. The lowest BCUT2D eigenvalue weighted by Gasteiger charge is -2.26. The maximum Gasteiger partial charge on any atom is 0.419 e. The van der Waals surface area contributed by atoms with E-state index in [4.69, 9.17) is 15.0 Å². The Labute approximate surface area is 188 Å². The largest absolute Gasteiger partial charge is 0.493 e. The van der Waals surface area contributed by atoms with Crippen molar-refractivity contribution in [2.24, 2.45) is 5.73 Å². The van der Waals surface area contributed by atoms with Crippen LogP contribution in [0, 0.1) is 13.8 Å². The van der Waals surface area contributed by atoms with E-state index >= 15 is 0 Å². The lowest BCUT2D eigenvalue weighted by Crippen LogP contribution is -2.47. The summed E-state index contributed by atoms with van der Waals surface area (Å²) in [6.07, 6.45) is -2.88. The first-order valence-corrected chi connectivity index (χ1v) is 11.4. The molecule has 0 aliphatic carbocycles. The fourth-order valence-corrected chi connectivity index (χ4v) is 3.94. The average Bonchev–Trinajstić information content (AvgIpc) is 2.73. The van der Waals surface area contributed by atoms with Gasteiger partial charge in [-0.15, -0.1) is 0 Å². The van der Waals surface area contributed by atoms with Gasteiger partial charge in [-0.25, -0.2) is 0 Å². The summed E-state index contributed by atoms with van der Waals surface area (Å²) in [7, 11) is -1.47. The lowest BCUT2D eigenvalue weighted by atomic mass is 9.93. The van der Waals surface area contributed by atoms with Gasteiger partial charge in [0.1, 0.15) is 5.75 Å². The van der Waals surface area contributed by atoms with E-state index in [1.54, 1.807) is 6.07 Å². The number of rotatable bonds is 12. The molecule has 2 rings (SSSR count). The molecule has 0 aliphatic rings. The van der Waals surface area contributed by atoms with Crippen molar-refractivity contribution in [1.29, 1.82) is 0 Å². The number of ether oxygens (including phenoxy) is 1. The standard InChI is InChI=1S/C23H31F3NO4P/c1-16-10-17(2)12-19(11-16)4-3-9-30-21-6-5-18(13-20(21)23(24,25)26)7-8-22(27,14-28)15-31-32-29/h5-6,10-13,28H,3-4,7-9,14-15,27,32H2,1-2H3. The molecule has 0 spiro atoms. The number of aliphatic hydroxyl groups excluding tert-OH is 1. The summed E-state index contributed by atoms with van der Waals surface area (Å²) in [6, 6.07) is 10.1. The normalized spacial score (nSPS) is 14.1. The van der Waals surface area contributed by atoms with E-state index in [0.29, 0.717) is 12.0 Å². The maximum absolute atomic E-state index is 13.6. The molecule has 0 saturated heterocycles. The molecule has 2 aromatic rings. The maximum atomic E-state index is 13.6. The number of benzene rings is 2. The molecule has 178 valence electrons. The van der Waals surface area contributed by atoms with Crippen LogP contribution in [0.1, 0.15) is 40.7 Å². The van der Waals surface area contributed by atoms with Crippen LogP contribution in [0.5, 0.6) is 5.75 Å². The van der Waals surface area contributed by atoms with E-state index in [1.165, 1.54) is 6.07 Å². The Hall–Kier alpha value is -1.86. The third-order valence-corrected chi connectivity index (χ3v) is 5.47. The first-order valence-electron chi connectivity index (χ1n) is 10.4. The van der Waals surface area contributed by atoms with Crippen LogP contribution in [0.15, 0.2) is 36.4 Å². The Bertz CT molecular complexity index is 887. The summed E-state index contributed by atoms with van der Waals surface area (Å²) in [5, 5.41) is 9.45. The van der Waals surface area contributed by atoms with E-state index in [-0.39, 0.29) is 31.8 Å². The molecule has 32 heavy (non-hydrogen) atoms. The van der Waals surface area contributed by atoms with E-state index in [0.717, 1.165) is 29.2 Å². The molecule has 0 aliphatic heterocycles. The Morgan fingerprint density at radius 2 is 1.72 bits per heavy atom. The molecule has 0 radical (unpaired) electrons. The Balaban J connectivity index is 2.02. The van der Waals surface area contributed by atoms with Crippen LogP contribution >= 0.6 is 8.69 Å². The topological polar surface area (TPSA) is 81.8 Å². The van der Waals surface area contributed by atoms with Gasteiger partial charge < -0.3 is 20.1 Å². The summed E-state index contributed by atoms with van der Waals surface area (Å²) in [5.74, 6) is -0.207. The number of hydrogen-bond acceptors (Lipinski definition) is 5. The van der Waals surface area contributed by atoms with Gasteiger partial charge in [-0.1, -0.05) is 35.4 Å². The number of halogens is 3. The van der Waals surface area contributed by atoms with Crippen molar-refractivity contribution in [2.45, 2.75) is 51.2 Å². The summed E-state index contributed by atoms with van der Waals surface area (Å²) in [4.78, 5) is 0. The van der Waals surface area contributed by atoms with Crippen LogP contribution in [-0.4, -0.2) is 30.5 Å². The zero-order valence-corrected chi connectivity index (χ0v) is 19.5. The van der Waals surface area contributed by atoms with Gasteiger partial charge in [-0.2, -0.15) is 13.2 Å². The van der Waals surface area contributed by atoms with Crippen molar-refractivity contribution in [3.63, 3.8) is 0 Å². The summed E-state index contributed by atoms with van der Waals surface area (Å²) < 4.78 is 61.7. The quantitative estimate of drug-likeness (QED) is 0.347. The van der Waals surface area contributed by atoms with Crippen LogP contribution in [0.3, 0.4) is 0 Å². The van der Waals surface area contributed by atoms with Gasteiger partial charge in [0.05, 0.1) is 30.9 Å². The molecule has 0 aromatic heterocycles. The zero-order valence-electron chi connectivity index (χ0n) is 18.4. The van der Waals surface area contributed by atoms with Gasteiger partial charge in [0, 0.05) is 0 Å². The summed E-state index contributed by atoms with van der Waals surface area (Å²) in [6.45, 7) is 3.63. The molecule has 0 amide bonds. The third-order valence-electron chi connectivity index (χ3n) is 5.16. The molecule has 9 heteroatoms. The fraction of sp³-hybridized carbons (Fsp3) is 0.478. The third kappa shape index (κ3) is 8.24. The molecule has 0 saturated carbocycles. The van der Waals surface area contributed by atoms with Crippen molar-refractivity contribution in [3.8, 4) is 5.75 Å². The van der Waals surface area contributed by atoms with Crippen molar-refractivity contribution in [2.75, 3.05) is 19.8 Å². The second-order valence-corrected chi connectivity index (χ2v) is 8.73. The highest BCUT2D eigenvalue weighted by Gasteiger charge is 2.35. The van der Waals surface area contributed by atoms with Crippen LogP contribution in [0.25, 0.3) is 0 Å². The number of hydrogen-bond donors (Lipinski definition) is 2. The SMILES string of the molecule is Cc1cc(C)cc(CCCOc2ccc(CCC(N)(CO)CO[PH2]=O)cc2C(F)(F)F)c1. The molecule has 2 atom stereocenters. The van der Waals surface area contributed by atoms with Crippen LogP contribution in [0.2, 0.25) is 0 Å². The van der Waals surface area contributed by atoms with Crippen molar-refractivity contribution in [1.82, 2.24) is 0 Å². The molecule has 0 heterocycles. The van der Waals surface area contributed by atoms with Gasteiger partial charge in [0.25, 0.3) is 0 Å². The van der Waals surface area contributed by atoms with Gasteiger partial charge >= 0.3 is 6.18 Å². The molecule has 0 fully saturated rings. The summed E-state index contributed by atoms with van der Waals surface area (Å²) in [5.41, 5.74) is 7.83. The smallest absolute Gasteiger partial charge is 0.419 e. The average molecular weight is 473 g/mol. The molecule has 3 N–H and O–H groups in total. The van der Waals surface area contributed by atoms with Crippen molar-refractivity contribution < 1.29 is 32.1 Å². The Morgan fingerprint density at radius 1 is 1.03 bits per heavy atom. The molecular weight excluding hydrogens is 442 g/mol. The Morgan fingerprint density at radius 3 is 2.31 bits per heavy atom. The highest BCUT2D eigenvalue weighted by molar-refractivity contribution is 7.17. The molecular formula is C23H31F3NO4P. The molecule has 5 nitrogen and oxygen atoms in total. The van der Waals surface area contributed by atoms with E-state index in [9.17, 15) is 22.8 Å². The highest BCUT2D eigenvalue weighted by atomic mass is 31.1. The number of alkyl halides is 3. The predicted octanol–water partition coefficient (Wildman–Crippen LogP) is 4.64.